The Morgan fingerprint density at radius 3 is 2.26 bits per heavy atom. The van der Waals surface area contributed by atoms with Crippen LogP contribution >= 0.6 is 0 Å². The highest BCUT2D eigenvalue weighted by Gasteiger charge is 2.59. The van der Waals surface area contributed by atoms with Gasteiger partial charge in [0.05, 0.1) is 10.5 Å². The molecule has 39 heavy (non-hydrogen) atoms. The molecule has 0 aromatic heterocycles. The molecule has 14 heteroatoms. The van der Waals surface area contributed by atoms with Crippen molar-refractivity contribution in [3.8, 4) is 0 Å². The summed E-state index contributed by atoms with van der Waals surface area (Å²) in [6.45, 7) is -0.0766. The van der Waals surface area contributed by atoms with Gasteiger partial charge in [-0.3, -0.25) is 9.59 Å². The van der Waals surface area contributed by atoms with E-state index in [1.807, 2.05) is 0 Å². The van der Waals surface area contributed by atoms with Crippen molar-refractivity contribution >= 4 is 21.7 Å². The Balaban J connectivity index is 1.77. The highest BCUT2D eigenvalue weighted by molar-refractivity contribution is 7.91. The van der Waals surface area contributed by atoms with Gasteiger partial charge in [0.2, 0.25) is 5.91 Å². The minimum absolute atomic E-state index is 0.0399. The quantitative estimate of drug-likeness (QED) is 0.475. The maximum atomic E-state index is 15.2. The molecule has 6 nitrogen and oxygen atoms in total. The zero-order valence-electron chi connectivity index (χ0n) is 20.2. The first-order valence-corrected chi connectivity index (χ1v) is 13.5. The van der Waals surface area contributed by atoms with Crippen LogP contribution in [0, 0.1) is 11.7 Å². The average Bonchev–Trinajstić information content (AvgIpc) is 3.55. The molecule has 2 fully saturated rings. The number of nitrogens with zero attached hydrogens (tertiary/aromatic N) is 1. The van der Waals surface area contributed by atoms with Crippen molar-refractivity contribution in [2.45, 2.75) is 54.4 Å². The summed E-state index contributed by atoms with van der Waals surface area (Å²) in [5, 5.41) is 0. The Hall–Kier alpha value is -3.16. The van der Waals surface area contributed by atoms with Gasteiger partial charge in [-0.2, -0.15) is 26.3 Å². The molecule has 1 saturated heterocycles. The molecule has 1 saturated carbocycles. The van der Waals surface area contributed by atoms with Crippen LogP contribution in [0.3, 0.4) is 0 Å². The molecule has 2 aromatic carbocycles. The largest absolute Gasteiger partial charge is 0.416 e. The highest BCUT2D eigenvalue weighted by atomic mass is 32.2. The molecule has 1 aliphatic heterocycles. The predicted octanol–water partition coefficient (Wildman–Crippen LogP) is 4.83. The summed E-state index contributed by atoms with van der Waals surface area (Å²) in [7, 11) is -4.86. The first-order chi connectivity index (χ1) is 18.0. The summed E-state index contributed by atoms with van der Waals surface area (Å²) >= 11 is 0. The molecule has 2 amide bonds. The number of amides is 2. The first-order valence-electron chi connectivity index (χ1n) is 11.9. The zero-order valence-corrected chi connectivity index (χ0v) is 21.0. The van der Waals surface area contributed by atoms with E-state index >= 15 is 4.39 Å². The van der Waals surface area contributed by atoms with Crippen LogP contribution in [0.25, 0.3) is 0 Å². The van der Waals surface area contributed by atoms with Gasteiger partial charge in [-0.25, -0.2) is 12.8 Å². The Morgan fingerprint density at radius 1 is 1.05 bits per heavy atom. The van der Waals surface area contributed by atoms with Gasteiger partial charge >= 0.3 is 12.4 Å². The maximum absolute atomic E-state index is 15.2. The minimum atomic E-state index is -5.03. The van der Waals surface area contributed by atoms with Crippen LogP contribution in [0.4, 0.5) is 30.7 Å². The van der Waals surface area contributed by atoms with E-state index < -0.39 is 67.5 Å². The lowest BCUT2D eigenvalue weighted by Gasteiger charge is -2.43. The number of hydrogen-bond acceptors (Lipinski definition) is 4. The monoisotopic (exact) mass is 580 g/mol. The molecule has 212 valence electrons. The summed E-state index contributed by atoms with van der Waals surface area (Å²) < 4.78 is 117. The smallest absolute Gasteiger partial charge is 0.368 e. The van der Waals surface area contributed by atoms with E-state index in [1.54, 1.807) is 0 Å². The molecule has 2 atom stereocenters. The summed E-state index contributed by atoms with van der Waals surface area (Å²) in [6.07, 6.45) is -8.69. The number of carbonyl (C=O) groups is 2. The van der Waals surface area contributed by atoms with E-state index in [0.29, 0.717) is 25.0 Å². The Kier molecular flexibility index (Phi) is 7.24. The highest BCUT2D eigenvalue weighted by Crippen LogP contribution is 2.54. The number of sulfone groups is 1. The van der Waals surface area contributed by atoms with Gasteiger partial charge in [-0.1, -0.05) is 12.1 Å². The lowest BCUT2D eigenvalue weighted by Crippen LogP contribution is -2.60. The average molecular weight is 581 g/mol. The Labute approximate surface area is 218 Å². The Bertz CT molecular complexity index is 1400. The minimum Gasteiger partial charge on any atom is -0.368 e. The Morgan fingerprint density at radius 2 is 1.72 bits per heavy atom. The van der Waals surface area contributed by atoms with E-state index in [4.69, 9.17) is 5.73 Å². The molecule has 2 aromatic rings. The van der Waals surface area contributed by atoms with Crippen LogP contribution in [-0.4, -0.2) is 49.1 Å². The summed E-state index contributed by atoms with van der Waals surface area (Å²) in [6, 6.07) is 5.81. The van der Waals surface area contributed by atoms with Gasteiger partial charge in [-0.15, -0.1) is 0 Å². The molecule has 0 radical (unpaired) electrons. The molecule has 2 N–H and O–H groups in total. The first kappa shape index (κ1) is 28.8. The molecule has 0 spiro atoms. The lowest BCUT2D eigenvalue weighted by atomic mass is 9.73. The number of rotatable bonds is 7. The van der Waals surface area contributed by atoms with Crippen molar-refractivity contribution in [1.29, 1.82) is 0 Å². The van der Waals surface area contributed by atoms with Crippen molar-refractivity contribution in [1.82, 2.24) is 4.90 Å². The van der Waals surface area contributed by atoms with Crippen molar-refractivity contribution < 1.29 is 48.7 Å². The van der Waals surface area contributed by atoms with Crippen LogP contribution in [0.5, 0.6) is 0 Å². The fraction of sp³-hybridized carbons (Fsp3) is 0.440. The standard InChI is InChI=1S/C25H23F7N2O4S/c26-19-12-16(25(30,31)32)7-8-18(19)20(14-5-6-14)23(22(33)36)9-2-10-34(23)21(35)15-3-1-4-17(11-15)39(37,38)13-24(27,28)29/h1,3-4,7-8,11-12,14,20H,2,5-6,9-10,13H2,(H2,33,36)/t20-,23+/m1/s1. The fourth-order valence-corrected chi connectivity index (χ4v) is 6.61. The van der Waals surface area contributed by atoms with Gasteiger partial charge in [0.15, 0.2) is 15.6 Å². The number of primary amides is 1. The number of hydrogen-bond donors (Lipinski definition) is 1. The number of benzene rings is 2. The second-order valence-corrected chi connectivity index (χ2v) is 11.8. The van der Waals surface area contributed by atoms with E-state index in [0.717, 1.165) is 35.2 Å². The lowest BCUT2D eigenvalue weighted by molar-refractivity contribution is -0.138. The third-order valence-electron chi connectivity index (χ3n) is 7.16. The van der Waals surface area contributed by atoms with Crippen LogP contribution in [0.1, 0.15) is 53.1 Å². The molecule has 0 unspecified atom stereocenters. The van der Waals surface area contributed by atoms with Gasteiger partial charge in [0.1, 0.15) is 11.4 Å². The van der Waals surface area contributed by atoms with E-state index in [9.17, 15) is 44.3 Å². The second kappa shape index (κ2) is 9.79. The van der Waals surface area contributed by atoms with Gasteiger partial charge in [0, 0.05) is 18.0 Å². The van der Waals surface area contributed by atoms with Gasteiger partial charge < -0.3 is 10.6 Å². The normalized spacial score (nSPS) is 21.2. The third kappa shape index (κ3) is 5.61. The van der Waals surface area contributed by atoms with E-state index in [-0.39, 0.29) is 36.4 Å². The summed E-state index contributed by atoms with van der Waals surface area (Å²) in [5.74, 6) is -6.79. The summed E-state index contributed by atoms with van der Waals surface area (Å²) in [5.41, 5.74) is 2.15. The molecule has 1 aliphatic carbocycles. The molecular formula is C25H23F7N2O4S. The topological polar surface area (TPSA) is 97.5 Å². The molecule has 2 aliphatic rings. The second-order valence-electron chi connectivity index (χ2n) is 9.80. The predicted molar refractivity (Wildman–Crippen MR) is 124 cm³/mol. The summed E-state index contributed by atoms with van der Waals surface area (Å²) in [4.78, 5) is 27.0. The van der Waals surface area contributed by atoms with Crippen molar-refractivity contribution in [3.05, 3.63) is 65.0 Å². The van der Waals surface area contributed by atoms with Crippen LogP contribution in [0.15, 0.2) is 47.4 Å². The number of alkyl halides is 6. The van der Waals surface area contributed by atoms with Gasteiger partial charge in [0.25, 0.3) is 5.91 Å². The number of likely N-dealkylation sites (tertiary alicyclic amines) is 1. The molecular weight excluding hydrogens is 557 g/mol. The molecule has 1 heterocycles. The van der Waals surface area contributed by atoms with Crippen molar-refractivity contribution in [2.75, 3.05) is 12.3 Å². The molecule has 4 rings (SSSR count). The molecule has 0 bridgehead atoms. The van der Waals surface area contributed by atoms with Crippen LogP contribution in [0.2, 0.25) is 0 Å². The van der Waals surface area contributed by atoms with E-state index in [2.05, 4.69) is 0 Å². The SMILES string of the molecule is NC(=O)[C@@]1([C@@H](c2ccc(C(F)(F)F)cc2F)C2CC2)CCCN1C(=O)c1cccc(S(=O)(=O)CC(F)(F)F)c1. The van der Waals surface area contributed by atoms with E-state index in [1.165, 1.54) is 0 Å². The zero-order chi connectivity index (χ0) is 29.0. The number of nitrogens with two attached hydrogens (primary N) is 1. The van der Waals surface area contributed by atoms with Crippen LogP contribution < -0.4 is 5.73 Å². The van der Waals surface area contributed by atoms with Gasteiger partial charge in [-0.05, 0) is 67.5 Å². The van der Waals surface area contributed by atoms with Crippen molar-refractivity contribution in [3.63, 3.8) is 0 Å². The third-order valence-corrected chi connectivity index (χ3v) is 8.84. The maximum Gasteiger partial charge on any atom is 0.416 e. The van der Waals surface area contributed by atoms with Crippen LogP contribution in [-0.2, 0) is 20.8 Å². The fourth-order valence-electron chi connectivity index (χ4n) is 5.42. The number of carbonyl (C=O) groups excluding carboxylic acids is 2. The number of halogens is 7. The van der Waals surface area contributed by atoms with Crippen molar-refractivity contribution in [2.24, 2.45) is 11.7 Å².